The number of piperidine rings is 3. The molecule has 4 atom stereocenters. The highest BCUT2D eigenvalue weighted by atomic mass is 16.5. The van der Waals surface area contributed by atoms with Gasteiger partial charge >= 0.3 is 5.97 Å². The number of rotatable bonds is 5. The number of esters is 1. The highest BCUT2D eigenvalue weighted by Crippen LogP contribution is 2.47. The number of methoxy groups -OCH3 is 1. The second-order valence-electron chi connectivity index (χ2n) is 9.91. The smallest absolute Gasteiger partial charge is 0.305 e. The molecule has 0 unspecified atom stereocenters. The van der Waals surface area contributed by atoms with E-state index in [-0.39, 0.29) is 5.97 Å². The van der Waals surface area contributed by atoms with Crippen LogP contribution < -0.4 is 10.6 Å². The van der Waals surface area contributed by atoms with E-state index in [4.69, 9.17) is 10.5 Å². The lowest BCUT2D eigenvalue weighted by molar-refractivity contribution is -0.140. The number of fused-ring (bicyclic) bond motifs is 4. The molecule has 7 heteroatoms. The van der Waals surface area contributed by atoms with E-state index in [0.29, 0.717) is 30.6 Å². The van der Waals surface area contributed by atoms with Crippen LogP contribution in [0.15, 0.2) is 0 Å². The van der Waals surface area contributed by atoms with E-state index in [1.807, 2.05) is 6.92 Å². The molecule has 4 aliphatic rings. The zero-order chi connectivity index (χ0) is 20.8. The summed E-state index contributed by atoms with van der Waals surface area (Å²) in [5.41, 5.74) is 7.98. The number of nitrogens with two attached hydrogens (primary N) is 1. The Morgan fingerprint density at radius 2 is 1.87 bits per heavy atom. The summed E-state index contributed by atoms with van der Waals surface area (Å²) in [6, 6.07) is 1.57. The average molecular weight is 414 g/mol. The number of nitrogens with zero attached hydrogens (tertiary/aromatic N) is 4. The van der Waals surface area contributed by atoms with Crippen molar-refractivity contribution >= 4 is 17.7 Å². The van der Waals surface area contributed by atoms with Gasteiger partial charge in [-0.2, -0.15) is 4.98 Å². The van der Waals surface area contributed by atoms with Crippen LogP contribution in [0.2, 0.25) is 0 Å². The number of aromatic nitrogens is 2. The fourth-order valence-corrected chi connectivity index (χ4v) is 6.49. The highest BCUT2D eigenvalue weighted by Gasteiger charge is 2.48. The molecule has 4 heterocycles. The van der Waals surface area contributed by atoms with Gasteiger partial charge in [0.15, 0.2) is 0 Å². The molecule has 30 heavy (non-hydrogen) atoms. The van der Waals surface area contributed by atoms with E-state index in [1.54, 1.807) is 0 Å². The Balaban J connectivity index is 1.38. The van der Waals surface area contributed by atoms with Gasteiger partial charge in [-0.05, 0) is 63.2 Å². The summed E-state index contributed by atoms with van der Waals surface area (Å²) in [6.07, 6.45) is 9.30. The number of ether oxygens (including phenoxy) is 1. The third kappa shape index (κ3) is 3.77. The standard InChI is InChI=1S/C23H35N5O2/c1-14-18(8-9-21(29)30-2)22(26-23(24)25-14)27-11-15-10-17(13-27)20-5-3-4-19(16-6-7-16)28(20)12-15/h15-17,19-20H,3-13H2,1-2H3,(H2,24,25,26)/t15-,17+,19+,20-/m0/s1. The lowest BCUT2D eigenvalue weighted by atomic mass is 9.74. The zero-order valence-electron chi connectivity index (χ0n) is 18.3. The van der Waals surface area contributed by atoms with Gasteiger partial charge in [-0.25, -0.2) is 4.98 Å². The molecule has 164 valence electrons. The van der Waals surface area contributed by atoms with Crippen LogP contribution in [0.3, 0.4) is 0 Å². The molecule has 1 aliphatic carbocycles. The summed E-state index contributed by atoms with van der Waals surface area (Å²) >= 11 is 0. The SMILES string of the molecule is COC(=O)CCc1c(C)nc(N)nc1N1C[C@@H]2C[C@H](C1)[C@@H]1CCC[C@H](C3CC3)N1C2. The minimum absolute atomic E-state index is 0.198. The van der Waals surface area contributed by atoms with E-state index in [1.165, 1.54) is 52.2 Å². The quantitative estimate of drug-likeness (QED) is 0.743. The summed E-state index contributed by atoms with van der Waals surface area (Å²) in [4.78, 5) is 26.2. The van der Waals surface area contributed by atoms with Gasteiger partial charge in [0, 0.05) is 49.4 Å². The number of carbonyl (C=O) groups excluding carboxylic acids is 1. The molecule has 2 bridgehead atoms. The number of carbonyl (C=O) groups is 1. The minimum atomic E-state index is -0.198. The Kier molecular flexibility index (Phi) is 5.33. The first kappa shape index (κ1) is 20.0. The fraction of sp³-hybridized carbons (Fsp3) is 0.783. The van der Waals surface area contributed by atoms with Crippen LogP contribution in [0.4, 0.5) is 11.8 Å². The van der Waals surface area contributed by atoms with Crippen LogP contribution in [0.5, 0.6) is 0 Å². The maximum atomic E-state index is 11.8. The summed E-state index contributed by atoms with van der Waals surface area (Å²) in [5.74, 6) is 3.43. The van der Waals surface area contributed by atoms with Crippen molar-refractivity contribution in [1.29, 1.82) is 0 Å². The summed E-state index contributed by atoms with van der Waals surface area (Å²) in [7, 11) is 1.44. The Morgan fingerprint density at radius 3 is 2.60 bits per heavy atom. The molecule has 0 aromatic carbocycles. The number of nitrogen functional groups attached to an aromatic ring is 1. The first-order valence-corrected chi connectivity index (χ1v) is 11.7. The second kappa shape index (κ2) is 7.98. The number of hydrogen-bond donors (Lipinski definition) is 1. The Labute approximate surface area is 179 Å². The van der Waals surface area contributed by atoms with Crippen molar-refractivity contribution in [2.45, 2.75) is 70.4 Å². The summed E-state index contributed by atoms with van der Waals surface area (Å²) in [6.45, 7) is 5.27. The van der Waals surface area contributed by atoms with E-state index >= 15 is 0 Å². The fourth-order valence-electron chi connectivity index (χ4n) is 6.49. The van der Waals surface area contributed by atoms with Crippen LogP contribution >= 0.6 is 0 Å². The third-order valence-corrected chi connectivity index (χ3v) is 7.92. The molecule has 5 rings (SSSR count). The van der Waals surface area contributed by atoms with Crippen molar-refractivity contribution in [1.82, 2.24) is 14.9 Å². The normalized spacial score (nSPS) is 31.3. The Morgan fingerprint density at radius 1 is 1.10 bits per heavy atom. The predicted octanol–water partition coefficient (Wildman–Crippen LogP) is 2.56. The van der Waals surface area contributed by atoms with Crippen LogP contribution in [-0.2, 0) is 16.0 Å². The van der Waals surface area contributed by atoms with Gasteiger partial charge in [-0.15, -0.1) is 0 Å². The largest absolute Gasteiger partial charge is 0.469 e. The van der Waals surface area contributed by atoms with Crippen molar-refractivity contribution in [2.24, 2.45) is 17.8 Å². The molecule has 0 amide bonds. The lowest BCUT2D eigenvalue weighted by Gasteiger charge is -2.55. The summed E-state index contributed by atoms with van der Waals surface area (Å²) in [5, 5.41) is 0. The van der Waals surface area contributed by atoms with E-state index in [2.05, 4.69) is 19.8 Å². The summed E-state index contributed by atoms with van der Waals surface area (Å²) < 4.78 is 4.85. The van der Waals surface area contributed by atoms with Gasteiger partial charge in [0.1, 0.15) is 5.82 Å². The first-order chi connectivity index (χ1) is 14.5. The Bertz CT molecular complexity index is 811. The van der Waals surface area contributed by atoms with Crippen LogP contribution in [0.25, 0.3) is 0 Å². The molecule has 1 aromatic rings. The van der Waals surface area contributed by atoms with E-state index in [0.717, 1.165) is 48.2 Å². The number of anilines is 2. The molecule has 3 aliphatic heterocycles. The second-order valence-corrected chi connectivity index (χ2v) is 9.91. The van der Waals surface area contributed by atoms with Gasteiger partial charge < -0.3 is 15.4 Å². The van der Waals surface area contributed by atoms with Gasteiger partial charge in [0.05, 0.1) is 7.11 Å². The zero-order valence-corrected chi connectivity index (χ0v) is 18.3. The minimum Gasteiger partial charge on any atom is -0.469 e. The third-order valence-electron chi connectivity index (χ3n) is 7.92. The van der Waals surface area contributed by atoms with Gasteiger partial charge in [0.2, 0.25) is 5.95 Å². The monoisotopic (exact) mass is 413 g/mol. The average Bonchev–Trinajstić information content (AvgIpc) is 3.57. The molecular weight excluding hydrogens is 378 g/mol. The predicted molar refractivity (Wildman–Crippen MR) is 116 cm³/mol. The van der Waals surface area contributed by atoms with Crippen molar-refractivity contribution < 1.29 is 9.53 Å². The van der Waals surface area contributed by atoms with Crippen LogP contribution in [0.1, 0.15) is 56.2 Å². The van der Waals surface area contributed by atoms with E-state index < -0.39 is 0 Å². The van der Waals surface area contributed by atoms with Crippen LogP contribution in [0, 0.1) is 24.7 Å². The molecule has 4 fully saturated rings. The van der Waals surface area contributed by atoms with E-state index in [9.17, 15) is 4.79 Å². The van der Waals surface area contributed by atoms with Crippen molar-refractivity contribution in [2.75, 3.05) is 37.4 Å². The number of aryl methyl sites for hydroxylation is 1. The topological polar surface area (TPSA) is 84.6 Å². The molecular formula is C23H35N5O2. The maximum Gasteiger partial charge on any atom is 0.305 e. The lowest BCUT2D eigenvalue weighted by Crippen LogP contribution is -2.62. The van der Waals surface area contributed by atoms with Crippen molar-refractivity contribution in [3.05, 3.63) is 11.3 Å². The molecule has 7 nitrogen and oxygen atoms in total. The Hall–Kier alpha value is -1.89. The first-order valence-electron chi connectivity index (χ1n) is 11.7. The molecule has 3 saturated heterocycles. The maximum absolute atomic E-state index is 11.8. The molecule has 0 radical (unpaired) electrons. The molecule has 2 N–H and O–H groups in total. The van der Waals surface area contributed by atoms with Crippen molar-refractivity contribution in [3.63, 3.8) is 0 Å². The van der Waals surface area contributed by atoms with Gasteiger partial charge in [0.25, 0.3) is 0 Å². The highest BCUT2D eigenvalue weighted by molar-refractivity contribution is 5.70. The molecule has 1 saturated carbocycles. The van der Waals surface area contributed by atoms with Crippen molar-refractivity contribution in [3.8, 4) is 0 Å². The molecule has 1 aromatic heterocycles. The van der Waals surface area contributed by atoms with Gasteiger partial charge in [-0.3, -0.25) is 9.69 Å². The van der Waals surface area contributed by atoms with Crippen LogP contribution in [-0.4, -0.2) is 59.7 Å². The molecule has 0 spiro atoms. The van der Waals surface area contributed by atoms with Gasteiger partial charge in [-0.1, -0.05) is 6.42 Å². The number of hydrogen-bond acceptors (Lipinski definition) is 7.